The second-order valence-electron chi connectivity index (χ2n) is 15.3. The molecule has 4 heterocycles. The number of aliphatic hydroxyl groups is 2. The zero-order valence-electron chi connectivity index (χ0n) is 27.7. The first-order valence-corrected chi connectivity index (χ1v) is 16.4. The quantitative estimate of drug-likeness (QED) is 0.261. The number of fused-ring (bicyclic) bond motifs is 4. The van der Waals surface area contributed by atoms with E-state index in [0.717, 1.165) is 0 Å². The van der Waals surface area contributed by atoms with Crippen LogP contribution >= 0.6 is 0 Å². The molecule has 6 fully saturated rings. The number of cyclic esters (lactones) is 1. The summed E-state index contributed by atoms with van der Waals surface area (Å²) in [5, 5.41) is 26.7. The first kappa shape index (κ1) is 31.3. The van der Waals surface area contributed by atoms with Gasteiger partial charge in [0.15, 0.2) is 11.2 Å². The summed E-state index contributed by atoms with van der Waals surface area (Å²) < 4.78 is 43.6. The van der Waals surface area contributed by atoms with Gasteiger partial charge < -0.3 is 43.1 Å². The average Bonchev–Trinajstić information content (AvgIpc) is 3.83. The first-order valence-electron chi connectivity index (χ1n) is 16.4. The summed E-state index contributed by atoms with van der Waals surface area (Å²) in [7, 11) is 1.30. The van der Waals surface area contributed by atoms with E-state index in [1.807, 2.05) is 27.7 Å². The number of carbonyl (C=O) groups is 3. The van der Waals surface area contributed by atoms with Crippen LogP contribution in [-0.4, -0.2) is 75.8 Å². The molecular formula is C35H42O12. The van der Waals surface area contributed by atoms with E-state index in [2.05, 4.69) is 0 Å². The van der Waals surface area contributed by atoms with Crippen LogP contribution < -0.4 is 0 Å². The lowest BCUT2D eigenvalue weighted by atomic mass is 9.35. The van der Waals surface area contributed by atoms with Crippen LogP contribution in [0.3, 0.4) is 0 Å². The average molecular weight is 655 g/mol. The molecule has 7 aliphatic rings. The Labute approximate surface area is 272 Å². The molecule has 1 aromatic heterocycles. The molecule has 254 valence electrons. The maximum atomic E-state index is 13.5. The number of furan rings is 1. The van der Waals surface area contributed by atoms with E-state index < -0.39 is 86.8 Å². The molecule has 0 aromatic carbocycles. The second-order valence-corrected chi connectivity index (χ2v) is 15.3. The van der Waals surface area contributed by atoms with Gasteiger partial charge >= 0.3 is 17.9 Å². The van der Waals surface area contributed by atoms with Gasteiger partial charge in [-0.25, -0.2) is 9.59 Å². The zero-order valence-corrected chi connectivity index (χ0v) is 27.7. The molecule has 0 radical (unpaired) electrons. The molecular weight excluding hydrogens is 612 g/mol. The normalized spacial score (nSPS) is 51.6. The minimum absolute atomic E-state index is 0.0162. The van der Waals surface area contributed by atoms with Crippen LogP contribution in [-0.2, 0) is 42.8 Å². The van der Waals surface area contributed by atoms with Crippen LogP contribution in [0.25, 0.3) is 0 Å². The van der Waals surface area contributed by atoms with Crippen molar-refractivity contribution in [3.8, 4) is 0 Å². The van der Waals surface area contributed by atoms with Gasteiger partial charge in [0.05, 0.1) is 19.6 Å². The van der Waals surface area contributed by atoms with Crippen molar-refractivity contribution >= 4 is 17.9 Å². The molecule has 47 heavy (non-hydrogen) atoms. The topological polar surface area (TPSA) is 160 Å². The van der Waals surface area contributed by atoms with Gasteiger partial charge in [0.25, 0.3) is 5.97 Å². The van der Waals surface area contributed by atoms with Gasteiger partial charge in [-0.05, 0) is 50.7 Å². The zero-order chi connectivity index (χ0) is 33.8. The molecule has 1 spiro atoms. The van der Waals surface area contributed by atoms with E-state index >= 15 is 0 Å². The third kappa shape index (κ3) is 3.00. The highest BCUT2D eigenvalue weighted by atomic mass is 16.9. The molecule has 4 bridgehead atoms. The molecule has 4 saturated carbocycles. The smallest absolute Gasteiger partial charge is 0.333 e. The Morgan fingerprint density at radius 1 is 1.15 bits per heavy atom. The lowest BCUT2D eigenvalue weighted by Crippen LogP contribution is -2.92. The van der Waals surface area contributed by atoms with Gasteiger partial charge in [0.1, 0.15) is 29.5 Å². The number of rotatable bonds is 6. The Hall–Kier alpha value is -3.03. The fourth-order valence-electron chi connectivity index (χ4n) is 11.6. The van der Waals surface area contributed by atoms with Crippen molar-refractivity contribution in [3.05, 3.63) is 47.5 Å². The Bertz CT molecular complexity index is 1670. The first-order chi connectivity index (χ1) is 22.0. The van der Waals surface area contributed by atoms with Crippen molar-refractivity contribution in [2.45, 2.75) is 120 Å². The van der Waals surface area contributed by atoms with Gasteiger partial charge in [-0.15, -0.1) is 0 Å². The van der Waals surface area contributed by atoms with Crippen LogP contribution in [0.5, 0.6) is 0 Å². The maximum Gasteiger partial charge on any atom is 0.333 e. The standard InChI is InChI=1S/C35H42O12/c1-8-18(3)25(38)44-26-29(5)17-31(39)30(6,20(29)14-22(36)41-7)32-12-11-28(4)21(15-23(37)43-24(28)19-10-13-42-16-19)35(32)27(34(26,31)40)45-33(9-2,46-32)47-35/h8,10,13,15-16,20,24,26-27,39-40H,9,11-12,14,17H2,1-7H3/b18-8+/t20-,24+,26-,27+,28+,29+,30+,31+,32+,33-,34-,35+/m0/s1. The van der Waals surface area contributed by atoms with Gasteiger partial charge in [-0.3, -0.25) is 4.79 Å². The van der Waals surface area contributed by atoms with Crippen LogP contribution in [0.1, 0.15) is 85.3 Å². The number of allylic oxidation sites excluding steroid dienone is 1. The van der Waals surface area contributed by atoms with E-state index in [1.165, 1.54) is 25.7 Å². The highest BCUT2D eigenvalue weighted by molar-refractivity contribution is 5.88. The van der Waals surface area contributed by atoms with Crippen molar-refractivity contribution in [2.75, 3.05) is 7.11 Å². The Morgan fingerprint density at radius 2 is 1.89 bits per heavy atom. The number of ether oxygens (including phenoxy) is 6. The van der Waals surface area contributed by atoms with Crippen molar-refractivity contribution in [3.63, 3.8) is 0 Å². The Kier molecular flexibility index (Phi) is 5.95. The van der Waals surface area contributed by atoms with Crippen LogP contribution in [0.2, 0.25) is 0 Å². The number of carbonyl (C=O) groups excluding carboxylic acids is 3. The minimum Gasteiger partial charge on any atom is -0.472 e. The number of methoxy groups -OCH3 is 1. The summed E-state index contributed by atoms with van der Waals surface area (Å²) in [6.45, 7) is 10.8. The third-order valence-corrected chi connectivity index (χ3v) is 13.7. The molecule has 0 amide bonds. The van der Waals surface area contributed by atoms with Crippen molar-refractivity contribution in [2.24, 2.45) is 22.2 Å². The summed E-state index contributed by atoms with van der Waals surface area (Å²) in [4.78, 5) is 40.3. The third-order valence-electron chi connectivity index (χ3n) is 13.7. The number of hydrogen-bond donors (Lipinski definition) is 2. The molecule has 2 N–H and O–H groups in total. The monoisotopic (exact) mass is 654 g/mol. The summed E-state index contributed by atoms with van der Waals surface area (Å²) in [6.07, 6.45) is 3.39. The fraction of sp³-hybridized carbons (Fsp3) is 0.686. The largest absolute Gasteiger partial charge is 0.472 e. The van der Waals surface area contributed by atoms with Gasteiger partial charge in [0.2, 0.25) is 0 Å². The summed E-state index contributed by atoms with van der Waals surface area (Å²) in [5.74, 6) is -4.20. The van der Waals surface area contributed by atoms with Gasteiger partial charge in [0, 0.05) is 46.3 Å². The van der Waals surface area contributed by atoms with Gasteiger partial charge in [-0.1, -0.05) is 33.8 Å². The van der Waals surface area contributed by atoms with Crippen molar-refractivity contribution in [1.29, 1.82) is 0 Å². The SMILES string of the molecule is C/C=C(\C)C(=O)O[C@H]1[C@]2(C)C[C@]3(O)[C@@]1(O)[C@H]1O[C@@]4(CC)O[C@]5(CC[C@]6(C)C(=CC(=O)O[C@@H]6c6ccoc6)[C@@]15O4)[C@]3(C)[C@H]2CC(=O)OC. The second kappa shape index (κ2) is 8.95. The van der Waals surface area contributed by atoms with Crippen molar-refractivity contribution in [1.82, 2.24) is 0 Å². The van der Waals surface area contributed by atoms with Crippen LogP contribution in [0, 0.1) is 22.2 Å². The van der Waals surface area contributed by atoms with Crippen LogP contribution in [0.4, 0.5) is 0 Å². The molecule has 2 saturated heterocycles. The predicted molar refractivity (Wildman–Crippen MR) is 159 cm³/mol. The van der Waals surface area contributed by atoms with Crippen molar-refractivity contribution < 1.29 is 57.4 Å². The van der Waals surface area contributed by atoms with E-state index in [1.54, 1.807) is 26.0 Å². The molecule has 0 unspecified atom stereocenters. The van der Waals surface area contributed by atoms with E-state index in [9.17, 15) is 24.6 Å². The molecule has 8 rings (SSSR count). The minimum atomic E-state index is -2.26. The Morgan fingerprint density at radius 3 is 2.53 bits per heavy atom. The molecule has 12 atom stereocenters. The Balaban J connectivity index is 1.43. The molecule has 1 aromatic rings. The van der Waals surface area contributed by atoms with E-state index in [0.29, 0.717) is 29.6 Å². The number of esters is 3. The molecule has 3 aliphatic heterocycles. The van der Waals surface area contributed by atoms with E-state index in [-0.39, 0.29) is 19.3 Å². The molecule has 12 heteroatoms. The molecule has 12 nitrogen and oxygen atoms in total. The lowest BCUT2D eigenvalue weighted by Gasteiger charge is -2.75. The fourth-order valence-corrected chi connectivity index (χ4v) is 11.6. The molecule has 4 aliphatic carbocycles. The van der Waals surface area contributed by atoms with Crippen LogP contribution in [0.15, 0.2) is 46.3 Å². The summed E-state index contributed by atoms with van der Waals surface area (Å²) >= 11 is 0. The van der Waals surface area contributed by atoms with E-state index in [4.69, 9.17) is 32.8 Å². The van der Waals surface area contributed by atoms with Gasteiger partial charge in [-0.2, -0.15) is 0 Å². The highest BCUT2D eigenvalue weighted by Gasteiger charge is 3.02. The highest BCUT2D eigenvalue weighted by Crippen LogP contribution is 2.88. The summed E-state index contributed by atoms with van der Waals surface area (Å²) in [5.41, 5.74) is -9.26. The maximum absolute atomic E-state index is 13.5. The summed E-state index contributed by atoms with van der Waals surface area (Å²) in [6, 6.07) is 1.75. The number of hydrogen-bond acceptors (Lipinski definition) is 12. The lowest BCUT2D eigenvalue weighted by molar-refractivity contribution is -0.447. The predicted octanol–water partition coefficient (Wildman–Crippen LogP) is 3.55.